The lowest BCUT2D eigenvalue weighted by atomic mass is 9.97. The molecule has 53 heavy (non-hydrogen) atoms. The first-order valence-corrected chi connectivity index (χ1v) is 18.2. The molecule has 0 saturated carbocycles. The lowest BCUT2D eigenvalue weighted by Crippen LogP contribution is -2.76. The number of nitrogens with zero attached hydrogens (tertiary/aromatic N) is 8. The summed E-state index contributed by atoms with van der Waals surface area (Å²) in [4.78, 5) is 56.7. The van der Waals surface area contributed by atoms with Crippen molar-refractivity contribution in [2.24, 2.45) is 0 Å². The molecular formula is C39H46F2N8O4. The van der Waals surface area contributed by atoms with E-state index in [1.54, 1.807) is 22.2 Å². The number of hydrogen-bond donors (Lipinski definition) is 1. The topological polar surface area (TPSA) is 107 Å². The van der Waals surface area contributed by atoms with E-state index >= 15 is 8.78 Å². The van der Waals surface area contributed by atoms with Crippen LogP contribution in [0.2, 0.25) is 0 Å². The zero-order valence-electron chi connectivity index (χ0n) is 30.0. The third kappa shape index (κ3) is 7.75. The van der Waals surface area contributed by atoms with Crippen LogP contribution in [-0.2, 0) is 33.8 Å². The van der Waals surface area contributed by atoms with E-state index in [2.05, 4.69) is 28.4 Å². The van der Waals surface area contributed by atoms with Crippen molar-refractivity contribution in [2.75, 3.05) is 70.9 Å². The molecule has 0 aliphatic carbocycles. The molecule has 4 saturated heterocycles. The Labute approximate surface area is 308 Å². The van der Waals surface area contributed by atoms with Crippen LogP contribution in [0, 0.1) is 11.6 Å². The number of carbonyl (C=O) groups is 3. The van der Waals surface area contributed by atoms with Crippen LogP contribution in [0.25, 0.3) is 0 Å². The van der Waals surface area contributed by atoms with Crippen molar-refractivity contribution in [1.82, 2.24) is 34.6 Å². The number of carbonyl (C=O) groups excluding carboxylic acids is 3. The number of aromatic nitrogens is 1. The number of halogens is 2. The van der Waals surface area contributed by atoms with Gasteiger partial charge in [-0.3, -0.25) is 19.3 Å². The SMILES string of the molecule is C=CCN1CC(=O)N2C(CN(Cc3ccc(F)c(N4CC(N5CCN(C)CC5)C4)n3)C(=O)[C@@H]2Cc2ccc(O)cc2F)N1C(=O)CCc1ccccc1. The second-order valence-corrected chi connectivity index (χ2v) is 14.4. The normalized spacial score (nSPS) is 21.9. The van der Waals surface area contributed by atoms with Crippen molar-refractivity contribution in [1.29, 1.82) is 0 Å². The number of hydrazine groups is 1. The number of hydrogen-bond acceptors (Lipinski definition) is 9. The number of anilines is 1. The highest BCUT2D eigenvalue weighted by atomic mass is 19.1. The highest BCUT2D eigenvalue weighted by molar-refractivity contribution is 5.92. The molecule has 14 heteroatoms. The molecule has 3 amide bonds. The van der Waals surface area contributed by atoms with Gasteiger partial charge in [-0.25, -0.2) is 23.8 Å². The molecule has 0 spiro atoms. The highest BCUT2D eigenvalue weighted by Gasteiger charge is 2.51. The smallest absolute Gasteiger partial charge is 0.246 e. The van der Waals surface area contributed by atoms with Crippen LogP contribution in [0.5, 0.6) is 5.75 Å². The summed E-state index contributed by atoms with van der Waals surface area (Å²) in [5.74, 6) is -2.26. The van der Waals surface area contributed by atoms with Crippen molar-refractivity contribution in [3.05, 3.63) is 102 Å². The predicted molar refractivity (Wildman–Crippen MR) is 194 cm³/mol. The molecule has 280 valence electrons. The summed E-state index contributed by atoms with van der Waals surface area (Å²) in [5, 5.41) is 13.0. The summed E-state index contributed by atoms with van der Waals surface area (Å²) >= 11 is 0. The number of fused-ring (bicyclic) bond motifs is 1. The fourth-order valence-corrected chi connectivity index (χ4v) is 7.85. The fourth-order valence-electron chi connectivity index (χ4n) is 7.85. The van der Waals surface area contributed by atoms with Crippen LogP contribution >= 0.6 is 0 Å². The first kappa shape index (κ1) is 36.4. The standard InChI is InChI=1S/C39H46F2N8O4/c1-3-15-47-26-37(52)48-34(20-28-10-12-31(50)21-33(28)41)39(53)46(25-35(48)49(47)36(51)14-9-27-7-5-4-6-8-27)22-29-11-13-32(40)38(42-29)45-23-30(24-45)44-18-16-43(2)17-19-44/h3-8,10-13,21,30,34-35,50H,1,9,14-20,22-26H2,2H3/t34-,35?/m0/s1. The second kappa shape index (κ2) is 15.6. The first-order valence-electron chi connectivity index (χ1n) is 18.2. The van der Waals surface area contributed by atoms with Gasteiger partial charge in [0, 0.05) is 70.8 Å². The molecule has 1 unspecified atom stereocenters. The maximum atomic E-state index is 15.2. The van der Waals surface area contributed by atoms with E-state index in [-0.39, 0.29) is 68.0 Å². The molecular weight excluding hydrogens is 682 g/mol. The Balaban J connectivity index is 1.16. The predicted octanol–water partition coefficient (Wildman–Crippen LogP) is 2.49. The van der Waals surface area contributed by atoms with Gasteiger partial charge in [-0.1, -0.05) is 42.5 Å². The van der Waals surface area contributed by atoms with E-state index in [9.17, 15) is 19.5 Å². The minimum atomic E-state index is -1.16. The lowest BCUT2D eigenvalue weighted by Gasteiger charge is -2.55. The van der Waals surface area contributed by atoms with E-state index < -0.39 is 29.7 Å². The van der Waals surface area contributed by atoms with Crippen LogP contribution in [0.4, 0.5) is 14.6 Å². The first-order chi connectivity index (χ1) is 25.6. The fraction of sp³-hybridized carbons (Fsp3) is 0.436. The molecule has 5 heterocycles. The Morgan fingerprint density at radius 3 is 2.45 bits per heavy atom. The van der Waals surface area contributed by atoms with Crippen molar-refractivity contribution in [3.8, 4) is 5.75 Å². The summed E-state index contributed by atoms with van der Waals surface area (Å²) in [7, 11) is 2.11. The van der Waals surface area contributed by atoms with Crippen molar-refractivity contribution < 1.29 is 28.3 Å². The quantitative estimate of drug-likeness (QED) is 0.299. The van der Waals surface area contributed by atoms with E-state index in [0.717, 1.165) is 37.8 Å². The Morgan fingerprint density at radius 1 is 0.981 bits per heavy atom. The Morgan fingerprint density at radius 2 is 1.74 bits per heavy atom. The number of aromatic hydroxyl groups is 1. The van der Waals surface area contributed by atoms with Gasteiger partial charge >= 0.3 is 0 Å². The zero-order valence-corrected chi connectivity index (χ0v) is 30.0. The van der Waals surface area contributed by atoms with Gasteiger partial charge < -0.3 is 24.7 Å². The van der Waals surface area contributed by atoms with Gasteiger partial charge in [-0.15, -0.1) is 6.58 Å². The van der Waals surface area contributed by atoms with Crippen LogP contribution in [0.3, 0.4) is 0 Å². The van der Waals surface area contributed by atoms with Gasteiger partial charge in [0.1, 0.15) is 23.8 Å². The summed E-state index contributed by atoms with van der Waals surface area (Å²) < 4.78 is 30.4. The van der Waals surface area contributed by atoms with Crippen LogP contribution in [0.1, 0.15) is 23.2 Å². The minimum Gasteiger partial charge on any atom is -0.508 e. The Kier molecular flexibility index (Phi) is 10.7. The summed E-state index contributed by atoms with van der Waals surface area (Å²) in [6.45, 7) is 9.06. The monoisotopic (exact) mass is 728 g/mol. The third-order valence-electron chi connectivity index (χ3n) is 10.8. The number of benzene rings is 2. The van der Waals surface area contributed by atoms with Crippen LogP contribution < -0.4 is 4.90 Å². The lowest BCUT2D eigenvalue weighted by molar-refractivity contribution is -0.205. The van der Waals surface area contributed by atoms with Gasteiger partial charge in [0.25, 0.3) is 0 Å². The summed E-state index contributed by atoms with van der Waals surface area (Å²) in [6, 6.07) is 15.4. The molecule has 0 radical (unpaired) electrons. The van der Waals surface area contributed by atoms with Gasteiger partial charge in [-0.05, 0) is 42.8 Å². The van der Waals surface area contributed by atoms with Crippen molar-refractivity contribution in [3.63, 3.8) is 0 Å². The number of piperazine rings is 2. The van der Waals surface area contributed by atoms with Gasteiger partial charge in [0.2, 0.25) is 17.7 Å². The third-order valence-corrected chi connectivity index (χ3v) is 10.8. The second-order valence-electron chi connectivity index (χ2n) is 14.4. The molecule has 0 bridgehead atoms. The number of pyridine rings is 1. The van der Waals surface area contributed by atoms with Crippen molar-refractivity contribution in [2.45, 2.75) is 44.1 Å². The van der Waals surface area contributed by atoms with E-state index in [1.165, 1.54) is 28.0 Å². The van der Waals surface area contributed by atoms with Gasteiger partial charge in [0.05, 0.1) is 25.3 Å². The average Bonchev–Trinajstić information content (AvgIpc) is 3.12. The molecule has 3 aromatic rings. The van der Waals surface area contributed by atoms with Crippen LogP contribution in [-0.4, -0.2) is 142 Å². The number of rotatable bonds is 11. The molecule has 4 aliphatic heterocycles. The molecule has 4 aliphatic rings. The minimum absolute atomic E-state index is 0.0115. The van der Waals surface area contributed by atoms with E-state index in [1.807, 2.05) is 35.2 Å². The Bertz CT molecular complexity index is 1840. The average molecular weight is 729 g/mol. The number of aryl methyl sites for hydroxylation is 1. The summed E-state index contributed by atoms with van der Waals surface area (Å²) in [6.07, 6.45) is 1.15. The van der Waals surface area contributed by atoms with E-state index in [0.29, 0.717) is 31.2 Å². The summed E-state index contributed by atoms with van der Waals surface area (Å²) in [5.41, 5.74) is 1.57. The molecule has 7 rings (SSSR count). The maximum Gasteiger partial charge on any atom is 0.246 e. The zero-order chi connectivity index (χ0) is 37.2. The van der Waals surface area contributed by atoms with E-state index in [4.69, 9.17) is 0 Å². The highest BCUT2D eigenvalue weighted by Crippen LogP contribution is 2.32. The number of likely N-dealkylation sites (N-methyl/N-ethyl adjacent to an activating group) is 1. The molecule has 1 N–H and O–H groups in total. The molecule has 2 aromatic carbocycles. The number of phenolic OH excluding ortho intramolecular Hbond substituents is 1. The largest absolute Gasteiger partial charge is 0.508 e. The molecule has 2 atom stereocenters. The van der Waals surface area contributed by atoms with Crippen molar-refractivity contribution >= 4 is 23.5 Å². The number of amides is 3. The van der Waals surface area contributed by atoms with Crippen LogP contribution in [0.15, 0.2) is 73.3 Å². The molecule has 1 aromatic heterocycles. The van der Waals surface area contributed by atoms with Gasteiger partial charge in [-0.2, -0.15) is 0 Å². The molecule has 12 nitrogen and oxygen atoms in total. The van der Waals surface area contributed by atoms with Gasteiger partial charge in [0.15, 0.2) is 11.6 Å². The number of phenols is 1. The Hall–Kier alpha value is -4.92. The maximum absolute atomic E-state index is 15.2. The molecule has 4 fully saturated rings.